The zero-order chi connectivity index (χ0) is 15.4. The molecule has 6 nitrogen and oxygen atoms in total. The average Bonchev–Trinajstić information content (AvgIpc) is 3.20. The van der Waals surface area contributed by atoms with Gasteiger partial charge in [0.2, 0.25) is 5.56 Å². The first-order chi connectivity index (χ1) is 10.7. The molecule has 2 atom stereocenters. The normalized spacial score (nSPS) is 24.5. The van der Waals surface area contributed by atoms with Crippen LogP contribution >= 0.6 is 0 Å². The first kappa shape index (κ1) is 15.2. The van der Waals surface area contributed by atoms with Crippen molar-refractivity contribution in [2.75, 3.05) is 26.3 Å². The molecule has 0 unspecified atom stereocenters. The Bertz CT molecular complexity index is 521. The number of carbonyl (C=O) groups excluding carboxylic acids is 1. The van der Waals surface area contributed by atoms with Crippen molar-refractivity contribution in [3.8, 4) is 0 Å². The highest BCUT2D eigenvalue weighted by atomic mass is 16.5. The van der Waals surface area contributed by atoms with Gasteiger partial charge in [-0.2, -0.15) is 0 Å². The molecule has 120 valence electrons. The van der Waals surface area contributed by atoms with Crippen LogP contribution in [0.3, 0.4) is 0 Å². The molecule has 1 aromatic heterocycles. The molecule has 2 aliphatic rings. The Morgan fingerprint density at radius 3 is 2.23 bits per heavy atom. The standard InChI is InChI=1S/C16H22N2O4/c19-15-6-5-12(9-17-15)16(20)18(10-13-3-1-7-21-13)11-14-4-2-8-22-14/h5-6,9,13-14H,1-4,7-8,10-11H2,(H,17,19)/t13-,14-/m1/s1. The number of aromatic amines is 1. The molecule has 0 aliphatic carbocycles. The Morgan fingerprint density at radius 2 is 1.77 bits per heavy atom. The van der Waals surface area contributed by atoms with Crippen LogP contribution in [0.4, 0.5) is 0 Å². The fourth-order valence-electron chi connectivity index (χ4n) is 3.03. The van der Waals surface area contributed by atoms with E-state index < -0.39 is 0 Å². The third kappa shape index (κ3) is 3.75. The van der Waals surface area contributed by atoms with Gasteiger partial charge in [0.1, 0.15) is 0 Å². The van der Waals surface area contributed by atoms with Gasteiger partial charge < -0.3 is 19.4 Å². The number of carbonyl (C=O) groups is 1. The fraction of sp³-hybridized carbons (Fsp3) is 0.625. The summed E-state index contributed by atoms with van der Waals surface area (Å²) < 4.78 is 11.3. The second-order valence-corrected chi connectivity index (χ2v) is 5.92. The van der Waals surface area contributed by atoms with E-state index in [4.69, 9.17) is 9.47 Å². The highest BCUT2D eigenvalue weighted by molar-refractivity contribution is 5.93. The molecule has 1 amide bonds. The number of amides is 1. The van der Waals surface area contributed by atoms with Crippen LogP contribution in [0.15, 0.2) is 23.1 Å². The smallest absolute Gasteiger partial charge is 0.255 e. The highest BCUT2D eigenvalue weighted by Crippen LogP contribution is 2.18. The van der Waals surface area contributed by atoms with Gasteiger partial charge in [-0.05, 0) is 31.7 Å². The molecule has 3 heterocycles. The summed E-state index contributed by atoms with van der Waals surface area (Å²) in [5, 5.41) is 0. The van der Waals surface area contributed by atoms with E-state index in [0.29, 0.717) is 18.7 Å². The molecule has 2 saturated heterocycles. The summed E-state index contributed by atoms with van der Waals surface area (Å²) in [6.07, 6.45) is 5.75. The van der Waals surface area contributed by atoms with Crippen LogP contribution in [0.1, 0.15) is 36.0 Å². The molecule has 0 bridgehead atoms. The lowest BCUT2D eigenvalue weighted by molar-refractivity contribution is 0.0307. The summed E-state index contributed by atoms with van der Waals surface area (Å²) in [6.45, 7) is 2.70. The van der Waals surface area contributed by atoms with Gasteiger partial charge in [0.15, 0.2) is 0 Å². The third-order valence-corrected chi connectivity index (χ3v) is 4.21. The maximum absolute atomic E-state index is 12.7. The van der Waals surface area contributed by atoms with Crippen molar-refractivity contribution in [3.63, 3.8) is 0 Å². The van der Waals surface area contributed by atoms with Gasteiger partial charge in [-0.15, -0.1) is 0 Å². The van der Waals surface area contributed by atoms with Gasteiger partial charge >= 0.3 is 0 Å². The quantitative estimate of drug-likeness (QED) is 0.886. The molecule has 0 spiro atoms. The maximum atomic E-state index is 12.7. The molecule has 2 aliphatic heterocycles. The predicted octanol–water partition coefficient (Wildman–Crippen LogP) is 1.18. The molecule has 0 saturated carbocycles. The van der Waals surface area contributed by atoms with Crippen LogP contribution in [0.25, 0.3) is 0 Å². The summed E-state index contributed by atoms with van der Waals surface area (Å²) in [5.41, 5.74) is 0.289. The topological polar surface area (TPSA) is 71.6 Å². The Hall–Kier alpha value is -1.66. The van der Waals surface area contributed by atoms with E-state index in [1.54, 1.807) is 11.0 Å². The minimum absolute atomic E-state index is 0.0812. The Labute approximate surface area is 129 Å². The number of aromatic nitrogens is 1. The number of H-pyrrole nitrogens is 1. The number of nitrogens with zero attached hydrogens (tertiary/aromatic N) is 1. The number of hydrogen-bond donors (Lipinski definition) is 1. The first-order valence-corrected chi connectivity index (χ1v) is 7.93. The van der Waals surface area contributed by atoms with E-state index in [2.05, 4.69) is 4.98 Å². The summed E-state index contributed by atoms with van der Waals surface area (Å²) in [6, 6.07) is 2.95. The van der Waals surface area contributed by atoms with Crippen LogP contribution < -0.4 is 5.56 Å². The van der Waals surface area contributed by atoms with E-state index in [9.17, 15) is 9.59 Å². The van der Waals surface area contributed by atoms with Crippen LogP contribution in [-0.2, 0) is 9.47 Å². The lowest BCUT2D eigenvalue weighted by Crippen LogP contribution is -2.42. The van der Waals surface area contributed by atoms with Crippen molar-refractivity contribution in [2.24, 2.45) is 0 Å². The van der Waals surface area contributed by atoms with Gasteiger partial charge in [-0.1, -0.05) is 0 Å². The molecule has 0 aromatic carbocycles. The van der Waals surface area contributed by atoms with Crippen molar-refractivity contribution in [3.05, 3.63) is 34.2 Å². The molecule has 2 fully saturated rings. The minimum atomic E-state index is -0.207. The summed E-state index contributed by atoms with van der Waals surface area (Å²) in [4.78, 5) is 28.2. The second-order valence-electron chi connectivity index (χ2n) is 5.92. The van der Waals surface area contributed by atoms with Crippen molar-refractivity contribution < 1.29 is 14.3 Å². The molecule has 1 N–H and O–H groups in total. The highest BCUT2D eigenvalue weighted by Gasteiger charge is 2.27. The molecule has 22 heavy (non-hydrogen) atoms. The largest absolute Gasteiger partial charge is 0.376 e. The van der Waals surface area contributed by atoms with Gasteiger partial charge in [0.05, 0.1) is 17.8 Å². The average molecular weight is 306 g/mol. The van der Waals surface area contributed by atoms with Gasteiger partial charge in [-0.25, -0.2) is 0 Å². The molecule has 0 radical (unpaired) electrons. The predicted molar refractivity (Wildman–Crippen MR) is 80.9 cm³/mol. The third-order valence-electron chi connectivity index (χ3n) is 4.21. The summed E-state index contributed by atoms with van der Waals surface area (Å²) >= 11 is 0. The summed E-state index contributed by atoms with van der Waals surface area (Å²) in [5.74, 6) is -0.0812. The lowest BCUT2D eigenvalue weighted by Gasteiger charge is -2.27. The van der Waals surface area contributed by atoms with Crippen molar-refractivity contribution in [1.82, 2.24) is 9.88 Å². The van der Waals surface area contributed by atoms with Crippen molar-refractivity contribution in [1.29, 1.82) is 0 Å². The van der Waals surface area contributed by atoms with E-state index in [0.717, 1.165) is 38.9 Å². The summed E-state index contributed by atoms with van der Waals surface area (Å²) in [7, 11) is 0. The monoisotopic (exact) mass is 306 g/mol. The van der Waals surface area contributed by atoms with Crippen molar-refractivity contribution >= 4 is 5.91 Å². The van der Waals surface area contributed by atoms with Crippen molar-refractivity contribution in [2.45, 2.75) is 37.9 Å². The van der Waals surface area contributed by atoms with Crippen LogP contribution in [0.2, 0.25) is 0 Å². The Kier molecular flexibility index (Phi) is 4.90. The van der Waals surface area contributed by atoms with E-state index in [1.807, 2.05) is 0 Å². The first-order valence-electron chi connectivity index (χ1n) is 7.93. The molecule has 1 aromatic rings. The zero-order valence-electron chi connectivity index (χ0n) is 12.6. The number of ether oxygens (including phenoxy) is 2. The number of rotatable bonds is 5. The number of nitrogens with one attached hydrogen (secondary N) is 1. The molecular weight excluding hydrogens is 284 g/mol. The van der Waals surface area contributed by atoms with E-state index in [1.165, 1.54) is 12.3 Å². The van der Waals surface area contributed by atoms with E-state index in [-0.39, 0.29) is 23.7 Å². The molecule has 6 heteroatoms. The molecular formula is C16H22N2O4. The van der Waals surface area contributed by atoms with Crippen LogP contribution in [0.5, 0.6) is 0 Å². The maximum Gasteiger partial charge on any atom is 0.255 e. The van der Waals surface area contributed by atoms with Gasteiger partial charge in [0, 0.05) is 38.6 Å². The number of hydrogen-bond acceptors (Lipinski definition) is 4. The van der Waals surface area contributed by atoms with Gasteiger partial charge in [0.25, 0.3) is 5.91 Å². The van der Waals surface area contributed by atoms with E-state index >= 15 is 0 Å². The fourth-order valence-corrected chi connectivity index (χ4v) is 3.03. The van der Waals surface area contributed by atoms with Gasteiger partial charge in [-0.3, -0.25) is 9.59 Å². The minimum Gasteiger partial charge on any atom is -0.376 e. The Balaban J connectivity index is 1.71. The Morgan fingerprint density at radius 1 is 1.14 bits per heavy atom. The SMILES string of the molecule is O=C(c1ccc(=O)[nH]c1)N(C[C@H]1CCCO1)C[C@H]1CCCO1. The number of pyridine rings is 1. The molecule has 3 rings (SSSR count). The van der Waals surface area contributed by atoms with Crippen LogP contribution in [-0.4, -0.2) is 54.3 Å². The second kappa shape index (κ2) is 7.07. The zero-order valence-corrected chi connectivity index (χ0v) is 12.6. The van der Waals surface area contributed by atoms with Crippen LogP contribution in [0, 0.1) is 0 Å². The lowest BCUT2D eigenvalue weighted by atomic mass is 10.1.